The summed E-state index contributed by atoms with van der Waals surface area (Å²) in [5.41, 5.74) is 6.89. The lowest BCUT2D eigenvalue weighted by Crippen LogP contribution is -2.41. The van der Waals surface area contributed by atoms with E-state index in [1.807, 2.05) is 12.1 Å². The Morgan fingerprint density at radius 3 is 2.35 bits per heavy atom. The largest absolute Gasteiger partial charge is 0.352 e. The zero-order valence-corrected chi connectivity index (χ0v) is 14.1. The topological polar surface area (TPSA) is 55.1 Å². The monoisotopic (exact) mass is 340 g/mol. The third-order valence-electron chi connectivity index (χ3n) is 3.34. The van der Waals surface area contributed by atoms with Crippen molar-refractivity contribution in [3.05, 3.63) is 34.3 Å². The second-order valence-corrected chi connectivity index (χ2v) is 6.70. The molecular weight excluding hydrogens is 316 g/mol. The molecule has 1 amide bonds. The van der Waals surface area contributed by atoms with Crippen LogP contribution in [-0.4, -0.2) is 18.5 Å². The van der Waals surface area contributed by atoms with E-state index in [-0.39, 0.29) is 17.9 Å². The Balaban J connectivity index is 2.50. The van der Waals surface area contributed by atoms with Crippen LogP contribution in [0.15, 0.2) is 28.7 Å². The van der Waals surface area contributed by atoms with Gasteiger partial charge in [-0.05, 0) is 36.0 Å². The van der Waals surface area contributed by atoms with E-state index in [0.717, 1.165) is 10.9 Å². The number of halogens is 1. The van der Waals surface area contributed by atoms with E-state index in [1.165, 1.54) is 5.56 Å². The number of carbonyl (C=O) groups is 1. The highest BCUT2D eigenvalue weighted by Gasteiger charge is 2.15. The number of carbonyl (C=O) groups excluding carboxylic acids is 1. The maximum absolute atomic E-state index is 12.1. The maximum Gasteiger partial charge on any atom is 0.220 e. The molecule has 0 saturated heterocycles. The zero-order valence-electron chi connectivity index (χ0n) is 12.5. The Kier molecular flexibility index (Phi) is 7.24. The number of nitrogens with two attached hydrogens (primary N) is 1. The molecule has 1 aromatic rings. The SMILES string of the molecule is CC(C)CC(CN)NC(=O)CC(C)c1ccc(Br)cc1. The molecule has 3 nitrogen and oxygen atoms in total. The molecule has 2 atom stereocenters. The number of rotatable bonds is 7. The first-order valence-electron chi connectivity index (χ1n) is 7.17. The third kappa shape index (κ3) is 6.06. The van der Waals surface area contributed by atoms with Crippen molar-refractivity contribution in [3.8, 4) is 0 Å². The van der Waals surface area contributed by atoms with Crippen LogP contribution in [0.2, 0.25) is 0 Å². The molecule has 0 aliphatic heterocycles. The van der Waals surface area contributed by atoms with Crippen LogP contribution in [-0.2, 0) is 4.79 Å². The number of amides is 1. The summed E-state index contributed by atoms with van der Waals surface area (Å²) < 4.78 is 1.05. The lowest BCUT2D eigenvalue weighted by atomic mass is 9.97. The van der Waals surface area contributed by atoms with Crippen LogP contribution < -0.4 is 11.1 Å². The molecule has 2 unspecified atom stereocenters. The van der Waals surface area contributed by atoms with E-state index in [2.05, 4.69) is 54.2 Å². The quantitative estimate of drug-likeness (QED) is 0.798. The molecule has 3 N–H and O–H groups in total. The van der Waals surface area contributed by atoms with E-state index in [9.17, 15) is 4.79 Å². The minimum absolute atomic E-state index is 0.0801. The van der Waals surface area contributed by atoms with Crippen molar-refractivity contribution in [2.75, 3.05) is 6.54 Å². The average Bonchev–Trinajstić information content (AvgIpc) is 2.37. The summed E-state index contributed by atoms with van der Waals surface area (Å²) in [5.74, 6) is 0.824. The summed E-state index contributed by atoms with van der Waals surface area (Å²) in [6, 6.07) is 8.20. The van der Waals surface area contributed by atoms with Gasteiger partial charge in [0.05, 0.1) is 0 Å². The summed E-state index contributed by atoms with van der Waals surface area (Å²) >= 11 is 3.42. The zero-order chi connectivity index (χ0) is 15.1. The van der Waals surface area contributed by atoms with E-state index < -0.39 is 0 Å². The fourth-order valence-electron chi connectivity index (χ4n) is 2.26. The van der Waals surface area contributed by atoms with Crippen molar-refractivity contribution in [2.45, 2.75) is 45.6 Å². The predicted molar refractivity (Wildman–Crippen MR) is 87.6 cm³/mol. The first-order valence-corrected chi connectivity index (χ1v) is 7.96. The molecule has 0 spiro atoms. The minimum Gasteiger partial charge on any atom is -0.352 e. The van der Waals surface area contributed by atoms with Gasteiger partial charge in [-0.1, -0.05) is 48.8 Å². The molecule has 1 aromatic carbocycles. The van der Waals surface area contributed by atoms with Gasteiger partial charge in [-0.15, -0.1) is 0 Å². The lowest BCUT2D eigenvalue weighted by molar-refractivity contribution is -0.122. The summed E-state index contributed by atoms with van der Waals surface area (Å²) in [7, 11) is 0. The van der Waals surface area contributed by atoms with Crippen molar-refractivity contribution < 1.29 is 4.79 Å². The van der Waals surface area contributed by atoms with E-state index >= 15 is 0 Å². The molecule has 0 heterocycles. The Bertz CT molecular complexity index is 417. The summed E-state index contributed by atoms with van der Waals surface area (Å²) in [6.07, 6.45) is 1.42. The smallest absolute Gasteiger partial charge is 0.220 e. The average molecular weight is 341 g/mol. The van der Waals surface area contributed by atoms with Gasteiger partial charge in [0.1, 0.15) is 0 Å². The summed E-state index contributed by atoms with van der Waals surface area (Å²) in [6.45, 7) is 6.85. The second-order valence-electron chi connectivity index (χ2n) is 5.79. The van der Waals surface area contributed by atoms with Crippen LogP contribution in [0.3, 0.4) is 0 Å². The summed E-state index contributed by atoms with van der Waals surface area (Å²) in [5, 5.41) is 3.04. The third-order valence-corrected chi connectivity index (χ3v) is 3.86. The van der Waals surface area contributed by atoms with Crippen molar-refractivity contribution in [1.29, 1.82) is 0 Å². The first kappa shape index (κ1) is 17.2. The fraction of sp³-hybridized carbons (Fsp3) is 0.562. The minimum atomic E-state index is 0.0801. The highest BCUT2D eigenvalue weighted by Crippen LogP contribution is 2.21. The Labute approximate surface area is 130 Å². The number of benzene rings is 1. The molecule has 20 heavy (non-hydrogen) atoms. The fourth-order valence-corrected chi connectivity index (χ4v) is 2.52. The lowest BCUT2D eigenvalue weighted by Gasteiger charge is -2.20. The molecule has 0 aromatic heterocycles. The highest BCUT2D eigenvalue weighted by molar-refractivity contribution is 9.10. The molecule has 1 rings (SSSR count). The normalized spacial score (nSPS) is 14.1. The van der Waals surface area contributed by atoms with Gasteiger partial charge in [0.15, 0.2) is 0 Å². The number of hydrogen-bond donors (Lipinski definition) is 2. The van der Waals surface area contributed by atoms with Crippen LogP contribution in [0, 0.1) is 5.92 Å². The molecule has 0 aliphatic rings. The van der Waals surface area contributed by atoms with Gasteiger partial charge in [0, 0.05) is 23.5 Å². The summed E-state index contributed by atoms with van der Waals surface area (Å²) in [4.78, 5) is 12.1. The molecule has 0 radical (unpaired) electrons. The van der Waals surface area contributed by atoms with Crippen molar-refractivity contribution in [1.82, 2.24) is 5.32 Å². The van der Waals surface area contributed by atoms with Crippen LogP contribution in [0.5, 0.6) is 0 Å². The molecule has 112 valence electrons. The van der Waals surface area contributed by atoms with Crippen molar-refractivity contribution >= 4 is 21.8 Å². The van der Waals surface area contributed by atoms with Gasteiger partial charge in [-0.3, -0.25) is 4.79 Å². The van der Waals surface area contributed by atoms with Crippen LogP contribution in [0.25, 0.3) is 0 Å². The molecule has 0 bridgehead atoms. The molecule has 0 aliphatic carbocycles. The van der Waals surface area contributed by atoms with Crippen LogP contribution >= 0.6 is 15.9 Å². The van der Waals surface area contributed by atoms with Gasteiger partial charge in [0.25, 0.3) is 0 Å². The predicted octanol–water partition coefficient (Wildman–Crippen LogP) is 3.43. The van der Waals surface area contributed by atoms with Crippen LogP contribution in [0.1, 0.15) is 45.1 Å². The Morgan fingerprint density at radius 2 is 1.85 bits per heavy atom. The van der Waals surface area contributed by atoms with Gasteiger partial charge in [-0.25, -0.2) is 0 Å². The van der Waals surface area contributed by atoms with Gasteiger partial charge in [0.2, 0.25) is 5.91 Å². The van der Waals surface area contributed by atoms with Crippen LogP contribution in [0.4, 0.5) is 0 Å². The number of hydrogen-bond acceptors (Lipinski definition) is 2. The molecular formula is C16H25BrN2O. The first-order chi connectivity index (χ1) is 9.42. The second kappa shape index (κ2) is 8.42. The van der Waals surface area contributed by atoms with Gasteiger partial charge in [-0.2, -0.15) is 0 Å². The Morgan fingerprint density at radius 1 is 1.25 bits per heavy atom. The van der Waals surface area contributed by atoms with Crippen molar-refractivity contribution in [2.24, 2.45) is 11.7 Å². The van der Waals surface area contributed by atoms with E-state index in [0.29, 0.717) is 18.9 Å². The van der Waals surface area contributed by atoms with Crippen molar-refractivity contribution in [3.63, 3.8) is 0 Å². The van der Waals surface area contributed by atoms with Gasteiger partial charge < -0.3 is 11.1 Å². The standard InChI is InChI=1S/C16H25BrN2O/c1-11(2)8-15(10-18)19-16(20)9-12(3)13-4-6-14(17)7-5-13/h4-7,11-12,15H,8-10,18H2,1-3H3,(H,19,20). The maximum atomic E-state index is 12.1. The molecule has 4 heteroatoms. The van der Waals surface area contributed by atoms with Gasteiger partial charge >= 0.3 is 0 Å². The highest BCUT2D eigenvalue weighted by atomic mass is 79.9. The van der Waals surface area contributed by atoms with E-state index in [1.54, 1.807) is 0 Å². The number of nitrogens with one attached hydrogen (secondary N) is 1. The molecule has 0 saturated carbocycles. The molecule has 0 fully saturated rings. The van der Waals surface area contributed by atoms with E-state index in [4.69, 9.17) is 5.73 Å². The Hall–Kier alpha value is -0.870.